The minimum atomic E-state index is -0.455. The minimum absolute atomic E-state index is 0.0222. The number of hydrogen-bond acceptors (Lipinski definition) is 4. The highest BCUT2D eigenvalue weighted by Gasteiger charge is 2.23. The molecule has 3 aromatic rings. The predicted octanol–water partition coefficient (Wildman–Crippen LogP) is 3.18. The van der Waals surface area contributed by atoms with Gasteiger partial charge in [-0.3, -0.25) is 9.78 Å². The van der Waals surface area contributed by atoms with Crippen LogP contribution in [0.3, 0.4) is 0 Å². The number of amides is 1. The Kier molecular flexibility index (Phi) is 5.60. The zero-order valence-corrected chi connectivity index (χ0v) is 16.8. The summed E-state index contributed by atoms with van der Waals surface area (Å²) in [6.07, 6.45) is 4.92. The van der Waals surface area contributed by atoms with Crippen molar-refractivity contribution in [2.75, 3.05) is 33.2 Å². The van der Waals surface area contributed by atoms with E-state index in [0.29, 0.717) is 35.1 Å². The molecule has 4 rings (SSSR count). The van der Waals surface area contributed by atoms with Crippen LogP contribution >= 0.6 is 11.6 Å². The van der Waals surface area contributed by atoms with Gasteiger partial charge in [0.1, 0.15) is 12.4 Å². The second kappa shape index (κ2) is 8.31. The third-order valence-corrected chi connectivity index (χ3v) is 5.37. The fourth-order valence-corrected chi connectivity index (χ4v) is 3.65. The summed E-state index contributed by atoms with van der Waals surface area (Å²) in [5.74, 6) is -0.433. The maximum atomic E-state index is 14.6. The van der Waals surface area contributed by atoms with Crippen LogP contribution in [0, 0.1) is 5.82 Å². The standard InChI is InChI=1S/C21H21ClFN5O/c1-26-8-10-27(11-9-26)19(29)13-28-14-25-20(17-3-2-16(22)12-18(17)23)21(28)15-4-6-24-7-5-15/h2-7,12,14H,8-11,13H2,1H3. The van der Waals surface area contributed by atoms with Crippen LogP contribution in [-0.2, 0) is 11.3 Å². The lowest BCUT2D eigenvalue weighted by Gasteiger charge is -2.32. The molecule has 1 aliphatic heterocycles. The lowest BCUT2D eigenvalue weighted by molar-refractivity contribution is -0.133. The molecule has 0 unspecified atom stereocenters. The Bertz CT molecular complexity index is 1020. The Morgan fingerprint density at radius 3 is 2.55 bits per heavy atom. The third-order valence-electron chi connectivity index (χ3n) is 5.14. The minimum Gasteiger partial charge on any atom is -0.339 e. The summed E-state index contributed by atoms with van der Waals surface area (Å²) < 4.78 is 16.4. The van der Waals surface area contributed by atoms with Crippen LogP contribution < -0.4 is 0 Å². The predicted molar refractivity (Wildman–Crippen MR) is 110 cm³/mol. The molecule has 0 aliphatic carbocycles. The van der Waals surface area contributed by atoms with E-state index in [0.717, 1.165) is 18.7 Å². The van der Waals surface area contributed by atoms with Gasteiger partial charge in [-0.15, -0.1) is 0 Å². The number of imidazole rings is 1. The van der Waals surface area contributed by atoms with Crippen LogP contribution in [0.2, 0.25) is 5.02 Å². The number of hydrogen-bond donors (Lipinski definition) is 0. The molecule has 0 atom stereocenters. The van der Waals surface area contributed by atoms with Gasteiger partial charge in [0.05, 0.1) is 17.7 Å². The number of carbonyl (C=O) groups is 1. The van der Waals surface area contributed by atoms with Gasteiger partial charge in [0.15, 0.2) is 0 Å². The molecule has 29 heavy (non-hydrogen) atoms. The van der Waals surface area contributed by atoms with Crippen molar-refractivity contribution in [2.45, 2.75) is 6.54 Å². The van der Waals surface area contributed by atoms with Crippen LogP contribution in [0.15, 0.2) is 49.1 Å². The second-order valence-corrected chi connectivity index (χ2v) is 7.55. The highest BCUT2D eigenvalue weighted by atomic mass is 35.5. The molecular weight excluding hydrogens is 393 g/mol. The van der Waals surface area contributed by atoms with Gasteiger partial charge in [0.2, 0.25) is 5.91 Å². The second-order valence-electron chi connectivity index (χ2n) is 7.11. The van der Waals surface area contributed by atoms with Crippen molar-refractivity contribution in [1.82, 2.24) is 24.3 Å². The molecule has 2 aromatic heterocycles. The molecule has 0 spiro atoms. The lowest BCUT2D eigenvalue weighted by atomic mass is 10.1. The molecule has 0 N–H and O–H groups in total. The van der Waals surface area contributed by atoms with Crippen molar-refractivity contribution in [3.05, 3.63) is 59.9 Å². The Balaban J connectivity index is 1.71. The van der Waals surface area contributed by atoms with Crippen molar-refractivity contribution >= 4 is 17.5 Å². The summed E-state index contributed by atoms with van der Waals surface area (Å²) in [4.78, 5) is 25.4. The average Bonchev–Trinajstić information content (AvgIpc) is 3.12. The molecule has 0 saturated carbocycles. The number of aromatic nitrogens is 3. The summed E-state index contributed by atoms with van der Waals surface area (Å²) in [7, 11) is 2.05. The van der Waals surface area contributed by atoms with Gasteiger partial charge in [0.25, 0.3) is 0 Å². The smallest absolute Gasteiger partial charge is 0.242 e. The summed E-state index contributed by atoms with van der Waals surface area (Å²) >= 11 is 5.90. The number of piperazine rings is 1. The van der Waals surface area contributed by atoms with E-state index >= 15 is 0 Å². The normalized spacial score (nSPS) is 14.9. The van der Waals surface area contributed by atoms with Crippen molar-refractivity contribution in [3.8, 4) is 22.5 Å². The first kappa shape index (κ1) is 19.5. The van der Waals surface area contributed by atoms with Gasteiger partial charge in [-0.05, 0) is 37.4 Å². The van der Waals surface area contributed by atoms with Gasteiger partial charge >= 0.3 is 0 Å². The van der Waals surface area contributed by atoms with Gasteiger partial charge < -0.3 is 14.4 Å². The SMILES string of the molecule is CN1CCN(C(=O)Cn2cnc(-c3ccc(Cl)cc3F)c2-c2ccncc2)CC1. The number of pyridine rings is 1. The van der Waals surface area contributed by atoms with E-state index in [-0.39, 0.29) is 12.5 Å². The molecule has 1 amide bonds. The molecule has 3 heterocycles. The molecule has 1 aromatic carbocycles. The van der Waals surface area contributed by atoms with Gasteiger partial charge in [-0.1, -0.05) is 11.6 Å². The van der Waals surface area contributed by atoms with Crippen molar-refractivity contribution in [2.24, 2.45) is 0 Å². The number of rotatable bonds is 4. The zero-order valence-electron chi connectivity index (χ0n) is 16.1. The van der Waals surface area contributed by atoms with Crippen LogP contribution in [0.5, 0.6) is 0 Å². The largest absolute Gasteiger partial charge is 0.339 e. The molecule has 1 fully saturated rings. The quantitative estimate of drug-likeness (QED) is 0.659. The number of halogens is 2. The number of benzene rings is 1. The van der Waals surface area contributed by atoms with Crippen molar-refractivity contribution < 1.29 is 9.18 Å². The summed E-state index contributed by atoms with van der Waals surface area (Å²) in [5.41, 5.74) is 2.30. The maximum absolute atomic E-state index is 14.6. The Morgan fingerprint density at radius 1 is 1.14 bits per heavy atom. The van der Waals surface area contributed by atoms with Crippen LogP contribution in [-0.4, -0.2) is 63.5 Å². The average molecular weight is 414 g/mol. The third kappa shape index (κ3) is 4.16. The maximum Gasteiger partial charge on any atom is 0.242 e. The summed E-state index contributed by atoms with van der Waals surface area (Å²) in [6.45, 7) is 3.26. The van der Waals surface area contributed by atoms with Crippen molar-refractivity contribution in [1.29, 1.82) is 0 Å². The van der Waals surface area contributed by atoms with Gasteiger partial charge in [-0.25, -0.2) is 9.37 Å². The lowest BCUT2D eigenvalue weighted by Crippen LogP contribution is -2.48. The van der Waals surface area contributed by atoms with E-state index < -0.39 is 5.82 Å². The number of nitrogens with zero attached hydrogens (tertiary/aromatic N) is 5. The zero-order chi connectivity index (χ0) is 20.4. The monoisotopic (exact) mass is 413 g/mol. The number of likely N-dealkylation sites (N-methyl/N-ethyl adjacent to an activating group) is 1. The van der Waals surface area contributed by atoms with E-state index in [4.69, 9.17) is 11.6 Å². The first-order chi connectivity index (χ1) is 14.0. The molecule has 6 nitrogen and oxygen atoms in total. The Hall–Kier alpha value is -2.77. The van der Waals surface area contributed by atoms with Crippen LogP contribution in [0.1, 0.15) is 0 Å². The van der Waals surface area contributed by atoms with Crippen LogP contribution in [0.25, 0.3) is 22.5 Å². The first-order valence-corrected chi connectivity index (χ1v) is 9.78. The molecule has 8 heteroatoms. The van der Waals surface area contributed by atoms with E-state index in [1.807, 2.05) is 24.1 Å². The highest BCUT2D eigenvalue weighted by Crippen LogP contribution is 2.33. The van der Waals surface area contributed by atoms with E-state index in [2.05, 4.69) is 14.9 Å². The molecule has 0 bridgehead atoms. The topological polar surface area (TPSA) is 54.3 Å². The Morgan fingerprint density at radius 2 is 1.86 bits per heavy atom. The van der Waals surface area contributed by atoms with Gasteiger partial charge in [-0.2, -0.15) is 0 Å². The van der Waals surface area contributed by atoms with E-state index in [1.54, 1.807) is 35.4 Å². The van der Waals surface area contributed by atoms with E-state index in [1.165, 1.54) is 6.07 Å². The molecule has 1 aliphatic rings. The van der Waals surface area contributed by atoms with E-state index in [9.17, 15) is 9.18 Å². The number of carbonyl (C=O) groups excluding carboxylic acids is 1. The van der Waals surface area contributed by atoms with Crippen LogP contribution in [0.4, 0.5) is 4.39 Å². The van der Waals surface area contributed by atoms with Gasteiger partial charge in [0, 0.05) is 54.7 Å². The molecule has 0 radical (unpaired) electrons. The fourth-order valence-electron chi connectivity index (χ4n) is 3.49. The molecule has 150 valence electrons. The Labute approximate surface area is 173 Å². The first-order valence-electron chi connectivity index (χ1n) is 9.40. The highest BCUT2D eigenvalue weighted by molar-refractivity contribution is 6.30. The fraction of sp³-hybridized carbons (Fsp3) is 0.286. The molecule has 1 saturated heterocycles. The summed E-state index contributed by atoms with van der Waals surface area (Å²) in [6, 6.07) is 8.15. The molecular formula is C21H21ClFN5O. The van der Waals surface area contributed by atoms with Crippen molar-refractivity contribution in [3.63, 3.8) is 0 Å². The summed E-state index contributed by atoms with van der Waals surface area (Å²) in [5, 5.41) is 0.321.